The molecule has 0 N–H and O–H groups in total. The SMILES string of the molecule is Cc1c(F)cccc1CCC(C)C. The van der Waals surface area contributed by atoms with E-state index in [-0.39, 0.29) is 5.82 Å². The normalized spacial score (nSPS) is 10.8. The van der Waals surface area contributed by atoms with Crippen molar-refractivity contribution in [1.82, 2.24) is 0 Å². The van der Waals surface area contributed by atoms with E-state index in [0.29, 0.717) is 5.92 Å². The molecule has 0 saturated carbocycles. The van der Waals surface area contributed by atoms with Gasteiger partial charge in [0.15, 0.2) is 0 Å². The van der Waals surface area contributed by atoms with Crippen LogP contribution in [0.3, 0.4) is 0 Å². The highest BCUT2D eigenvalue weighted by Gasteiger charge is 2.03. The van der Waals surface area contributed by atoms with Crippen LogP contribution in [-0.2, 0) is 6.42 Å². The van der Waals surface area contributed by atoms with Crippen molar-refractivity contribution in [2.45, 2.75) is 33.6 Å². The van der Waals surface area contributed by atoms with Crippen molar-refractivity contribution in [2.24, 2.45) is 5.92 Å². The summed E-state index contributed by atoms with van der Waals surface area (Å²) in [5.74, 6) is 0.601. The molecule has 1 aromatic rings. The fourth-order valence-corrected chi connectivity index (χ4v) is 1.37. The Morgan fingerprint density at radius 1 is 1.31 bits per heavy atom. The molecule has 1 aromatic carbocycles. The van der Waals surface area contributed by atoms with Gasteiger partial charge in [-0.25, -0.2) is 4.39 Å². The van der Waals surface area contributed by atoms with Gasteiger partial charge < -0.3 is 0 Å². The third-order valence-electron chi connectivity index (χ3n) is 2.37. The average Bonchev–Trinajstić information content (AvgIpc) is 2.07. The first-order valence-electron chi connectivity index (χ1n) is 4.85. The van der Waals surface area contributed by atoms with Gasteiger partial charge in [0.05, 0.1) is 0 Å². The second kappa shape index (κ2) is 4.40. The molecule has 0 aromatic heterocycles. The molecule has 1 heteroatoms. The summed E-state index contributed by atoms with van der Waals surface area (Å²) in [6, 6.07) is 5.33. The van der Waals surface area contributed by atoms with Gasteiger partial charge in [0.1, 0.15) is 5.82 Å². The monoisotopic (exact) mass is 180 g/mol. The number of hydrogen-bond acceptors (Lipinski definition) is 0. The van der Waals surface area contributed by atoms with Gasteiger partial charge in [-0.15, -0.1) is 0 Å². The Hall–Kier alpha value is -0.850. The van der Waals surface area contributed by atoms with Crippen molar-refractivity contribution in [3.63, 3.8) is 0 Å². The van der Waals surface area contributed by atoms with E-state index < -0.39 is 0 Å². The van der Waals surface area contributed by atoms with Crippen LogP contribution in [0.4, 0.5) is 4.39 Å². The Bertz CT molecular complexity index is 276. The minimum Gasteiger partial charge on any atom is -0.207 e. The average molecular weight is 180 g/mol. The predicted molar refractivity (Wildman–Crippen MR) is 54.3 cm³/mol. The first-order chi connectivity index (χ1) is 6.11. The van der Waals surface area contributed by atoms with Crippen LogP contribution in [0, 0.1) is 18.7 Å². The Morgan fingerprint density at radius 2 is 2.00 bits per heavy atom. The Labute approximate surface area is 79.8 Å². The van der Waals surface area contributed by atoms with Crippen LogP contribution in [0.2, 0.25) is 0 Å². The molecule has 0 saturated heterocycles. The Morgan fingerprint density at radius 3 is 2.62 bits per heavy atom. The maximum Gasteiger partial charge on any atom is 0.126 e. The summed E-state index contributed by atoms with van der Waals surface area (Å²) in [4.78, 5) is 0. The molecule has 0 unspecified atom stereocenters. The first kappa shape index (κ1) is 10.2. The zero-order valence-corrected chi connectivity index (χ0v) is 8.60. The van der Waals surface area contributed by atoms with E-state index in [4.69, 9.17) is 0 Å². The molecule has 0 fully saturated rings. The molecular weight excluding hydrogens is 163 g/mol. The third-order valence-corrected chi connectivity index (χ3v) is 2.37. The highest BCUT2D eigenvalue weighted by Crippen LogP contribution is 2.15. The molecule has 0 aliphatic heterocycles. The summed E-state index contributed by atoms with van der Waals surface area (Å²) in [5.41, 5.74) is 1.96. The summed E-state index contributed by atoms with van der Waals surface area (Å²) >= 11 is 0. The van der Waals surface area contributed by atoms with E-state index in [1.54, 1.807) is 6.07 Å². The molecule has 0 aliphatic rings. The number of benzene rings is 1. The molecule has 0 heterocycles. The Balaban J connectivity index is 2.71. The van der Waals surface area contributed by atoms with Gasteiger partial charge in [0, 0.05) is 0 Å². The molecule has 0 radical (unpaired) electrons. The summed E-state index contributed by atoms with van der Waals surface area (Å²) in [7, 11) is 0. The second-order valence-corrected chi connectivity index (χ2v) is 3.96. The van der Waals surface area contributed by atoms with Crippen molar-refractivity contribution in [1.29, 1.82) is 0 Å². The molecule has 0 aliphatic carbocycles. The van der Waals surface area contributed by atoms with E-state index in [2.05, 4.69) is 13.8 Å². The lowest BCUT2D eigenvalue weighted by Crippen LogP contribution is -1.96. The van der Waals surface area contributed by atoms with Crippen LogP contribution in [0.5, 0.6) is 0 Å². The molecule has 0 amide bonds. The van der Waals surface area contributed by atoms with E-state index >= 15 is 0 Å². The van der Waals surface area contributed by atoms with Crippen molar-refractivity contribution < 1.29 is 4.39 Å². The van der Waals surface area contributed by atoms with Crippen molar-refractivity contribution in [3.8, 4) is 0 Å². The highest BCUT2D eigenvalue weighted by atomic mass is 19.1. The topological polar surface area (TPSA) is 0 Å². The molecule has 1 rings (SSSR count). The third kappa shape index (κ3) is 2.83. The van der Waals surface area contributed by atoms with E-state index in [1.807, 2.05) is 13.0 Å². The number of rotatable bonds is 3. The fraction of sp³-hybridized carbons (Fsp3) is 0.500. The highest BCUT2D eigenvalue weighted by molar-refractivity contribution is 5.27. The Kier molecular flexibility index (Phi) is 3.47. The molecule has 0 nitrogen and oxygen atoms in total. The maximum atomic E-state index is 13.1. The van der Waals surface area contributed by atoms with Gasteiger partial charge in [-0.05, 0) is 42.9 Å². The largest absolute Gasteiger partial charge is 0.207 e. The van der Waals surface area contributed by atoms with Gasteiger partial charge >= 0.3 is 0 Å². The second-order valence-electron chi connectivity index (χ2n) is 3.96. The quantitative estimate of drug-likeness (QED) is 0.665. The molecule has 72 valence electrons. The standard InChI is InChI=1S/C12H17F/c1-9(2)7-8-11-5-4-6-12(13)10(11)3/h4-6,9H,7-8H2,1-3H3. The van der Waals surface area contributed by atoms with Crippen molar-refractivity contribution >= 4 is 0 Å². The van der Waals surface area contributed by atoms with Crippen molar-refractivity contribution in [2.75, 3.05) is 0 Å². The van der Waals surface area contributed by atoms with Gasteiger partial charge in [-0.3, -0.25) is 0 Å². The van der Waals surface area contributed by atoms with E-state index in [1.165, 1.54) is 6.07 Å². The van der Waals surface area contributed by atoms with Crippen molar-refractivity contribution in [3.05, 3.63) is 35.1 Å². The molecular formula is C12H17F. The zero-order valence-electron chi connectivity index (χ0n) is 8.60. The lowest BCUT2D eigenvalue weighted by Gasteiger charge is -2.08. The van der Waals surface area contributed by atoms with Gasteiger partial charge in [-0.1, -0.05) is 26.0 Å². The minimum atomic E-state index is -0.0822. The smallest absolute Gasteiger partial charge is 0.126 e. The summed E-state index contributed by atoms with van der Waals surface area (Å²) < 4.78 is 13.1. The van der Waals surface area contributed by atoms with E-state index in [0.717, 1.165) is 24.0 Å². The van der Waals surface area contributed by atoms with E-state index in [9.17, 15) is 4.39 Å². The summed E-state index contributed by atoms with van der Waals surface area (Å²) in [6.45, 7) is 6.23. The van der Waals surface area contributed by atoms with Crippen LogP contribution < -0.4 is 0 Å². The number of halogens is 1. The van der Waals surface area contributed by atoms with Gasteiger partial charge in [-0.2, -0.15) is 0 Å². The maximum absolute atomic E-state index is 13.1. The summed E-state index contributed by atoms with van der Waals surface area (Å²) in [6.07, 6.45) is 2.12. The minimum absolute atomic E-state index is 0.0822. The van der Waals surface area contributed by atoms with Crippen LogP contribution in [0.25, 0.3) is 0 Å². The summed E-state index contributed by atoms with van der Waals surface area (Å²) in [5, 5.41) is 0. The lowest BCUT2D eigenvalue weighted by molar-refractivity contribution is 0.577. The van der Waals surface area contributed by atoms with Gasteiger partial charge in [0.25, 0.3) is 0 Å². The first-order valence-corrected chi connectivity index (χ1v) is 4.85. The molecule has 0 atom stereocenters. The van der Waals surface area contributed by atoms with Crippen LogP contribution in [0.1, 0.15) is 31.4 Å². The molecule has 0 spiro atoms. The predicted octanol–water partition coefficient (Wildman–Crippen LogP) is 3.72. The zero-order chi connectivity index (χ0) is 9.84. The lowest BCUT2D eigenvalue weighted by atomic mass is 9.99. The number of hydrogen-bond donors (Lipinski definition) is 0. The number of aryl methyl sites for hydroxylation is 1. The van der Waals surface area contributed by atoms with Crippen LogP contribution in [0.15, 0.2) is 18.2 Å². The molecule has 13 heavy (non-hydrogen) atoms. The van der Waals surface area contributed by atoms with Crippen LogP contribution >= 0.6 is 0 Å². The van der Waals surface area contributed by atoms with Crippen LogP contribution in [-0.4, -0.2) is 0 Å². The van der Waals surface area contributed by atoms with Gasteiger partial charge in [0.2, 0.25) is 0 Å². The molecule has 0 bridgehead atoms. The fourth-order valence-electron chi connectivity index (χ4n) is 1.37.